The Morgan fingerprint density at radius 3 is 2.27 bits per heavy atom. The topological polar surface area (TPSA) is 57.7 Å². The average molecular weight is 386 g/mol. The number of carbonyl (C=O) groups is 1. The number of hydrogen-bond donors (Lipinski definition) is 0. The predicted molar refractivity (Wildman–Crippen MR) is 92.9 cm³/mol. The van der Waals surface area contributed by atoms with E-state index >= 15 is 0 Å². The minimum atomic E-state index is -3.88. The van der Waals surface area contributed by atoms with Crippen molar-refractivity contribution in [2.45, 2.75) is 49.5 Å². The third-order valence-electron chi connectivity index (χ3n) is 5.55. The standard InChI is InChI=1S/C18H24F2N2O3S/c1-21(14-4-2-3-5-14)18(23)13-8-10-22(11-9-13)26(24,25)15-6-7-16(19)17(20)12-15/h6-7,12-14H,2-5,8-11H2,1H3. The zero-order valence-electron chi connectivity index (χ0n) is 14.8. The lowest BCUT2D eigenvalue weighted by Gasteiger charge is -2.34. The van der Waals surface area contributed by atoms with E-state index < -0.39 is 21.7 Å². The number of piperidine rings is 1. The molecule has 1 heterocycles. The molecule has 5 nitrogen and oxygen atoms in total. The van der Waals surface area contributed by atoms with Crippen LogP contribution in [0.1, 0.15) is 38.5 Å². The Bertz CT molecular complexity index is 771. The molecule has 0 aromatic heterocycles. The van der Waals surface area contributed by atoms with Gasteiger partial charge in [-0.05, 0) is 43.9 Å². The van der Waals surface area contributed by atoms with Crippen LogP contribution in [0.2, 0.25) is 0 Å². The molecular formula is C18H24F2N2O3S. The van der Waals surface area contributed by atoms with Gasteiger partial charge in [0.25, 0.3) is 0 Å². The summed E-state index contributed by atoms with van der Waals surface area (Å²) in [6.07, 6.45) is 5.25. The molecule has 0 spiro atoms. The van der Waals surface area contributed by atoms with E-state index in [1.165, 1.54) is 4.31 Å². The number of benzene rings is 1. The number of rotatable bonds is 4. The van der Waals surface area contributed by atoms with Gasteiger partial charge in [-0.1, -0.05) is 12.8 Å². The molecule has 1 saturated heterocycles. The molecular weight excluding hydrogens is 362 g/mol. The van der Waals surface area contributed by atoms with Crippen molar-refractivity contribution in [2.75, 3.05) is 20.1 Å². The molecule has 0 bridgehead atoms. The first kappa shape index (κ1) is 19.2. The average Bonchev–Trinajstić information content (AvgIpc) is 3.17. The highest BCUT2D eigenvalue weighted by atomic mass is 32.2. The van der Waals surface area contributed by atoms with E-state index in [1.54, 1.807) is 0 Å². The van der Waals surface area contributed by atoms with Crippen molar-refractivity contribution in [2.24, 2.45) is 5.92 Å². The Hall–Kier alpha value is -1.54. The van der Waals surface area contributed by atoms with Crippen LogP contribution in [-0.2, 0) is 14.8 Å². The largest absolute Gasteiger partial charge is 0.343 e. The van der Waals surface area contributed by atoms with Crippen molar-refractivity contribution in [3.8, 4) is 0 Å². The van der Waals surface area contributed by atoms with Crippen LogP contribution in [0, 0.1) is 17.6 Å². The second-order valence-corrected chi connectivity index (χ2v) is 9.08. The maximum atomic E-state index is 13.4. The van der Waals surface area contributed by atoms with Gasteiger partial charge in [0, 0.05) is 32.1 Å². The molecule has 1 aliphatic carbocycles. The van der Waals surface area contributed by atoms with Crippen LogP contribution in [0.15, 0.2) is 23.1 Å². The SMILES string of the molecule is CN(C(=O)C1CCN(S(=O)(=O)c2ccc(F)c(F)c2)CC1)C1CCCC1. The summed E-state index contributed by atoms with van der Waals surface area (Å²) >= 11 is 0. The highest BCUT2D eigenvalue weighted by Gasteiger charge is 2.35. The van der Waals surface area contributed by atoms with Gasteiger partial charge in [0.15, 0.2) is 11.6 Å². The van der Waals surface area contributed by atoms with Crippen molar-refractivity contribution in [3.05, 3.63) is 29.8 Å². The summed E-state index contributed by atoms with van der Waals surface area (Å²) in [5, 5.41) is 0. The fourth-order valence-corrected chi connectivity index (χ4v) is 5.37. The molecule has 0 N–H and O–H groups in total. The summed E-state index contributed by atoms with van der Waals surface area (Å²) < 4.78 is 52.9. The zero-order chi connectivity index (χ0) is 18.9. The van der Waals surface area contributed by atoms with E-state index in [4.69, 9.17) is 0 Å². The number of carbonyl (C=O) groups excluding carboxylic acids is 1. The van der Waals surface area contributed by atoms with E-state index in [0.29, 0.717) is 24.9 Å². The summed E-state index contributed by atoms with van der Waals surface area (Å²) in [6.45, 7) is 0.409. The van der Waals surface area contributed by atoms with Gasteiger partial charge in [-0.3, -0.25) is 4.79 Å². The van der Waals surface area contributed by atoms with Crippen molar-refractivity contribution in [1.82, 2.24) is 9.21 Å². The Morgan fingerprint density at radius 1 is 1.08 bits per heavy atom. The second-order valence-electron chi connectivity index (χ2n) is 7.14. The van der Waals surface area contributed by atoms with Gasteiger partial charge < -0.3 is 4.90 Å². The van der Waals surface area contributed by atoms with Crippen LogP contribution in [0.3, 0.4) is 0 Å². The maximum absolute atomic E-state index is 13.4. The number of sulfonamides is 1. The summed E-state index contributed by atoms with van der Waals surface area (Å²) in [6, 6.07) is 2.88. The Balaban J connectivity index is 1.63. The molecule has 1 aromatic carbocycles. The molecule has 1 aromatic rings. The Kier molecular flexibility index (Phi) is 5.62. The van der Waals surface area contributed by atoms with Crippen LogP contribution in [-0.4, -0.2) is 49.7 Å². The maximum Gasteiger partial charge on any atom is 0.243 e. The van der Waals surface area contributed by atoms with Crippen molar-refractivity contribution in [1.29, 1.82) is 0 Å². The molecule has 26 heavy (non-hydrogen) atoms. The highest BCUT2D eigenvalue weighted by Crippen LogP contribution is 2.28. The van der Waals surface area contributed by atoms with Gasteiger partial charge in [0.2, 0.25) is 15.9 Å². The summed E-state index contributed by atoms with van der Waals surface area (Å²) in [5.41, 5.74) is 0. The van der Waals surface area contributed by atoms with Crippen LogP contribution in [0.5, 0.6) is 0 Å². The number of nitrogens with zero attached hydrogens (tertiary/aromatic N) is 2. The first-order valence-corrected chi connectivity index (χ1v) is 10.5. The normalized spacial score (nSPS) is 20.4. The first-order valence-electron chi connectivity index (χ1n) is 9.02. The summed E-state index contributed by atoms with van der Waals surface area (Å²) in [5.74, 6) is -2.36. The number of amides is 1. The van der Waals surface area contributed by atoms with Crippen LogP contribution in [0.4, 0.5) is 8.78 Å². The highest BCUT2D eigenvalue weighted by molar-refractivity contribution is 7.89. The summed E-state index contributed by atoms with van der Waals surface area (Å²) in [7, 11) is -2.05. The molecule has 0 atom stereocenters. The van der Waals surface area contributed by atoms with Gasteiger partial charge >= 0.3 is 0 Å². The smallest absolute Gasteiger partial charge is 0.243 e. The second kappa shape index (κ2) is 7.60. The van der Waals surface area contributed by atoms with E-state index in [-0.39, 0.29) is 29.8 Å². The molecule has 1 aliphatic heterocycles. The fraction of sp³-hybridized carbons (Fsp3) is 0.611. The minimum absolute atomic E-state index is 0.0850. The van der Waals surface area contributed by atoms with E-state index in [2.05, 4.69) is 0 Å². The molecule has 8 heteroatoms. The van der Waals surface area contributed by atoms with Gasteiger partial charge in [0.1, 0.15) is 0 Å². The van der Waals surface area contributed by atoms with Gasteiger partial charge in [-0.2, -0.15) is 4.31 Å². The predicted octanol–water partition coefficient (Wildman–Crippen LogP) is 2.77. The van der Waals surface area contributed by atoms with Crippen LogP contribution < -0.4 is 0 Å². The van der Waals surface area contributed by atoms with Crippen molar-refractivity contribution < 1.29 is 22.0 Å². The quantitative estimate of drug-likeness (QED) is 0.800. The van der Waals surface area contributed by atoms with Gasteiger partial charge in [0.05, 0.1) is 4.90 Å². The molecule has 0 radical (unpaired) electrons. The van der Waals surface area contributed by atoms with E-state index in [9.17, 15) is 22.0 Å². The Labute approximate surface area is 153 Å². The molecule has 3 rings (SSSR count). The van der Waals surface area contributed by atoms with Crippen molar-refractivity contribution in [3.63, 3.8) is 0 Å². The lowest BCUT2D eigenvalue weighted by molar-refractivity contribution is -0.137. The molecule has 144 valence electrons. The lowest BCUT2D eigenvalue weighted by Crippen LogP contribution is -2.45. The third kappa shape index (κ3) is 3.76. The molecule has 1 amide bonds. The lowest BCUT2D eigenvalue weighted by atomic mass is 9.96. The minimum Gasteiger partial charge on any atom is -0.343 e. The number of hydrogen-bond acceptors (Lipinski definition) is 3. The van der Waals surface area contributed by atoms with Crippen LogP contribution in [0.25, 0.3) is 0 Å². The first-order chi connectivity index (χ1) is 12.3. The fourth-order valence-electron chi connectivity index (χ4n) is 3.89. The summed E-state index contributed by atoms with van der Waals surface area (Å²) in [4.78, 5) is 14.2. The zero-order valence-corrected chi connectivity index (χ0v) is 15.6. The van der Waals surface area contributed by atoms with Gasteiger partial charge in [-0.25, -0.2) is 17.2 Å². The molecule has 2 aliphatic rings. The van der Waals surface area contributed by atoms with Crippen LogP contribution >= 0.6 is 0 Å². The van der Waals surface area contributed by atoms with Crippen molar-refractivity contribution >= 4 is 15.9 Å². The van der Waals surface area contributed by atoms with E-state index in [1.807, 2.05) is 11.9 Å². The monoisotopic (exact) mass is 386 g/mol. The molecule has 1 saturated carbocycles. The number of halogens is 2. The third-order valence-corrected chi connectivity index (χ3v) is 7.45. The Morgan fingerprint density at radius 2 is 1.69 bits per heavy atom. The van der Waals surface area contributed by atoms with Gasteiger partial charge in [-0.15, -0.1) is 0 Å². The molecule has 0 unspecified atom stereocenters. The van der Waals surface area contributed by atoms with E-state index in [0.717, 1.165) is 37.8 Å². The molecule has 2 fully saturated rings.